The van der Waals surface area contributed by atoms with Gasteiger partial charge in [0, 0.05) is 0 Å². The van der Waals surface area contributed by atoms with Crippen LogP contribution in [0.15, 0.2) is 33.3 Å². The quantitative estimate of drug-likeness (QED) is 0.819. The Labute approximate surface area is 102 Å². The van der Waals surface area contributed by atoms with Crippen LogP contribution in [0.1, 0.15) is 0 Å². The largest absolute Gasteiger partial charge is 0.428 e. The number of rotatable bonds is 2. The Bertz CT molecular complexity index is 410. The molecule has 0 atom stereocenters. The summed E-state index contributed by atoms with van der Waals surface area (Å²) in [6.45, 7) is 0. The normalized spacial score (nSPS) is 10.1. The van der Waals surface area contributed by atoms with E-state index in [4.69, 9.17) is 4.74 Å². The van der Waals surface area contributed by atoms with Crippen LogP contribution in [0.25, 0.3) is 0 Å². The molecule has 0 bridgehead atoms. The van der Waals surface area contributed by atoms with E-state index in [0.717, 1.165) is 14.7 Å². The van der Waals surface area contributed by atoms with Gasteiger partial charge in [-0.2, -0.15) is 0 Å². The van der Waals surface area contributed by atoms with Gasteiger partial charge in [-0.25, -0.2) is 4.98 Å². The first-order chi connectivity index (χ1) is 6.77. The first-order valence-electron chi connectivity index (χ1n) is 3.71. The molecule has 1 aromatic carbocycles. The van der Waals surface area contributed by atoms with E-state index in [1.54, 1.807) is 6.20 Å². The summed E-state index contributed by atoms with van der Waals surface area (Å²) in [6.07, 6.45) is 1.59. The van der Waals surface area contributed by atoms with Crippen LogP contribution in [0.2, 0.25) is 0 Å². The van der Waals surface area contributed by atoms with E-state index in [0.29, 0.717) is 5.19 Å². The van der Waals surface area contributed by atoms with E-state index in [-0.39, 0.29) is 0 Å². The van der Waals surface area contributed by atoms with Gasteiger partial charge in [-0.1, -0.05) is 17.4 Å². The summed E-state index contributed by atoms with van der Waals surface area (Å²) in [4.78, 5) is 3.99. The van der Waals surface area contributed by atoms with Crippen molar-refractivity contribution in [2.45, 2.75) is 0 Å². The van der Waals surface area contributed by atoms with Crippen LogP contribution < -0.4 is 4.74 Å². The molecule has 2 aromatic rings. The van der Waals surface area contributed by atoms with E-state index in [9.17, 15) is 0 Å². The first kappa shape index (κ1) is 10.1. The second-order valence-corrected chi connectivity index (χ2v) is 4.89. The van der Waals surface area contributed by atoms with Crippen LogP contribution in [-0.4, -0.2) is 4.98 Å². The number of nitrogens with zero attached hydrogens (tertiary/aromatic N) is 1. The lowest BCUT2D eigenvalue weighted by atomic mass is 10.3. The van der Waals surface area contributed by atoms with Gasteiger partial charge in [0.1, 0.15) is 0 Å². The minimum Gasteiger partial charge on any atom is -0.428 e. The second-order valence-electron chi connectivity index (χ2n) is 2.40. The van der Waals surface area contributed by atoms with Crippen molar-refractivity contribution in [2.24, 2.45) is 0 Å². The molecule has 2 nitrogen and oxygen atoms in total. The standard InChI is InChI=1S/C9H4Br2NOS/c10-6-2-1-3-7(11)8(6)13-9-12-4-5-14-9/h1-4H. The molecule has 5 heteroatoms. The zero-order chi connectivity index (χ0) is 9.97. The van der Waals surface area contributed by atoms with E-state index < -0.39 is 0 Å². The SMILES string of the molecule is Brc1cccc(Br)c1Oc1nc[c]s1. The topological polar surface area (TPSA) is 22.1 Å². The summed E-state index contributed by atoms with van der Waals surface area (Å²) in [5.74, 6) is 0.732. The Hall–Kier alpha value is -0.390. The Kier molecular flexibility index (Phi) is 3.20. The second kappa shape index (κ2) is 4.42. The number of para-hydroxylation sites is 1. The van der Waals surface area contributed by atoms with Crippen LogP contribution in [0.5, 0.6) is 10.9 Å². The Balaban J connectivity index is 2.33. The van der Waals surface area contributed by atoms with Crippen molar-refractivity contribution in [1.29, 1.82) is 0 Å². The van der Waals surface area contributed by atoms with Gasteiger partial charge < -0.3 is 4.74 Å². The minimum absolute atomic E-state index is 0.581. The van der Waals surface area contributed by atoms with E-state index in [1.165, 1.54) is 11.3 Å². The summed E-state index contributed by atoms with van der Waals surface area (Å²) < 4.78 is 7.34. The predicted octanol–water partition coefficient (Wildman–Crippen LogP) is 4.26. The molecule has 0 aliphatic heterocycles. The van der Waals surface area contributed by atoms with Crippen LogP contribution in [0.4, 0.5) is 0 Å². The highest BCUT2D eigenvalue weighted by Crippen LogP contribution is 2.36. The average molecular weight is 334 g/mol. The molecular formula is C9H4Br2NOS. The Morgan fingerprint density at radius 3 is 2.57 bits per heavy atom. The molecule has 0 aliphatic rings. The van der Waals surface area contributed by atoms with Crippen molar-refractivity contribution >= 4 is 43.2 Å². The monoisotopic (exact) mass is 332 g/mol. The van der Waals surface area contributed by atoms with Crippen LogP contribution >= 0.6 is 43.2 Å². The highest BCUT2D eigenvalue weighted by Gasteiger charge is 2.08. The Morgan fingerprint density at radius 1 is 1.29 bits per heavy atom. The van der Waals surface area contributed by atoms with Crippen LogP contribution in [0, 0.1) is 5.38 Å². The highest BCUT2D eigenvalue weighted by molar-refractivity contribution is 9.11. The third-order valence-corrected chi connectivity index (χ3v) is 3.31. The lowest BCUT2D eigenvalue weighted by Gasteiger charge is -2.05. The molecule has 1 radical (unpaired) electrons. The summed E-state index contributed by atoms with van der Waals surface area (Å²) in [7, 11) is 0. The molecule has 0 unspecified atom stereocenters. The smallest absolute Gasteiger partial charge is 0.279 e. The lowest BCUT2D eigenvalue weighted by Crippen LogP contribution is -1.85. The average Bonchev–Trinajstić information content (AvgIpc) is 2.64. The van der Waals surface area contributed by atoms with Crippen molar-refractivity contribution in [3.63, 3.8) is 0 Å². The molecule has 0 N–H and O–H groups in total. The number of thiazole rings is 1. The van der Waals surface area contributed by atoms with Crippen molar-refractivity contribution < 1.29 is 4.74 Å². The third kappa shape index (κ3) is 2.16. The maximum Gasteiger partial charge on any atom is 0.279 e. The number of ether oxygens (including phenoxy) is 1. The molecule has 14 heavy (non-hydrogen) atoms. The van der Waals surface area contributed by atoms with Gasteiger partial charge >= 0.3 is 0 Å². The number of halogens is 2. The molecule has 1 heterocycles. The van der Waals surface area contributed by atoms with E-state index in [1.807, 2.05) is 18.2 Å². The zero-order valence-electron chi connectivity index (χ0n) is 6.83. The van der Waals surface area contributed by atoms with E-state index in [2.05, 4.69) is 42.2 Å². The fourth-order valence-electron chi connectivity index (χ4n) is 0.897. The Morgan fingerprint density at radius 2 is 2.00 bits per heavy atom. The van der Waals surface area contributed by atoms with Gasteiger partial charge in [-0.15, -0.1) is 0 Å². The first-order valence-corrected chi connectivity index (χ1v) is 6.11. The van der Waals surface area contributed by atoms with E-state index >= 15 is 0 Å². The van der Waals surface area contributed by atoms with Crippen LogP contribution in [0.3, 0.4) is 0 Å². The molecule has 0 saturated heterocycles. The summed E-state index contributed by atoms with van der Waals surface area (Å²) in [6, 6.07) is 5.75. The molecule has 0 saturated carbocycles. The number of hydrogen-bond acceptors (Lipinski definition) is 3. The van der Waals surface area contributed by atoms with Gasteiger partial charge in [0.05, 0.1) is 20.5 Å². The molecule has 71 valence electrons. The zero-order valence-corrected chi connectivity index (χ0v) is 10.8. The van der Waals surface area contributed by atoms with Gasteiger partial charge in [0.15, 0.2) is 5.75 Å². The maximum absolute atomic E-state index is 5.56. The molecule has 2 rings (SSSR count). The van der Waals surface area contributed by atoms with Crippen LogP contribution in [-0.2, 0) is 0 Å². The van der Waals surface area contributed by atoms with Crippen molar-refractivity contribution in [1.82, 2.24) is 4.98 Å². The molecule has 0 fully saturated rings. The molecule has 0 spiro atoms. The van der Waals surface area contributed by atoms with Gasteiger partial charge in [-0.3, -0.25) is 0 Å². The molecule has 1 aromatic heterocycles. The highest BCUT2D eigenvalue weighted by atomic mass is 79.9. The van der Waals surface area contributed by atoms with Gasteiger partial charge in [0.25, 0.3) is 5.19 Å². The van der Waals surface area contributed by atoms with Gasteiger partial charge in [0.2, 0.25) is 0 Å². The third-order valence-electron chi connectivity index (χ3n) is 1.48. The molecule has 0 aliphatic carbocycles. The van der Waals surface area contributed by atoms with Crippen molar-refractivity contribution in [3.8, 4) is 10.9 Å². The summed E-state index contributed by atoms with van der Waals surface area (Å²) in [5, 5.41) is 3.44. The minimum atomic E-state index is 0.581. The van der Waals surface area contributed by atoms with Crippen molar-refractivity contribution in [2.75, 3.05) is 0 Å². The fourth-order valence-corrected chi connectivity index (χ4v) is 2.49. The number of benzene rings is 1. The van der Waals surface area contributed by atoms with Gasteiger partial charge in [-0.05, 0) is 44.0 Å². The predicted molar refractivity (Wildman–Crippen MR) is 62.9 cm³/mol. The number of aromatic nitrogens is 1. The summed E-state index contributed by atoms with van der Waals surface area (Å²) >= 11 is 8.14. The maximum atomic E-state index is 5.56. The molecular weight excluding hydrogens is 330 g/mol. The van der Waals surface area contributed by atoms with Crippen molar-refractivity contribution in [3.05, 3.63) is 38.7 Å². The number of hydrogen-bond donors (Lipinski definition) is 0. The summed E-state index contributed by atoms with van der Waals surface area (Å²) in [5.41, 5.74) is 0. The lowest BCUT2D eigenvalue weighted by molar-refractivity contribution is 0.473. The molecule has 0 amide bonds. The fraction of sp³-hybridized carbons (Fsp3) is 0.